The average molecular weight is 447 g/mol. The molecule has 1 aliphatic heterocycles. The van der Waals surface area contributed by atoms with Crippen LogP contribution in [-0.4, -0.2) is 83.2 Å². The Kier molecular flexibility index (Phi) is 7.87. The summed E-state index contributed by atoms with van der Waals surface area (Å²) in [5.41, 5.74) is 0.461. The molecule has 9 heteroatoms. The summed E-state index contributed by atoms with van der Waals surface area (Å²) in [6.45, 7) is 5.49. The minimum absolute atomic E-state index is 0.226. The lowest BCUT2D eigenvalue weighted by Gasteiger charge is -2.32. The fourth-order valence-corrected chi connectivity index (χ4v) is 4.31. The lowest BCUT2D eigenvalue weighted by Crippen LogP contribution is -2.45. The van der Waals surface area contributed by atoms with Crippen LogP contribution in [0.15, 0.2) is 28.7 Å². The Morgan fingerprint density at radius 1 is 1.23 bits per heavy atom. The number of hydrogen-bond donors (Lipinski definition) is 1. The Hall–Kier alpha value is -1.16. The second-order valence-electron chi connectivity index (χ2n) is 6.57. The molecule has 1 aromatic rings. The summed E-state index contributed by atoms with van der Waals surface area (Å²) in [5, 5.41) is 2.83. The second-order valence-corrected chi connectivity index (χ2v) is 9.33. The third-order valence-electron chi connectivity index (χ3n) is 4.38. The van der Waals surface area contributed by atoms with Crippen molar-refractivity contribution in [2.45, 2.75) is 6.42 Å². The summed E-state index contributed by atoms with van der Waals surface area (Å²) >= 11 is 3.34. The Bertz CT molecular complexity index is 706. The molecule has 26 heavy (non-hydrogen) atoms. The number of nitrogens with one attached hydrogen (secondary N) is 1. The molecule has 0 radical (unpaired) electrons. The van der Waals surface area contributed by atoms with Crippen molar-refractivity contribution in [1.82, 2.24) is 15.1 Å². The van der Waals surface area contributed by atoms with Crippen molar-refractivity contribution in [1.29, 1.82) is 0 Å². The summed E-state index contributed by atoms with van der Waals surface area (Å²) in [5.74, 6) is -0.301. The highest BCUT2D eigenvalue weighted by atomic mass is 79.9. The number of hydrogen-bond acceptors (Lipinski definition) is 5. The Labute approximate surface area is 164 Å². The van der Waals surface area contributed by atoms with E-state index in [-0.39, 0.29) is 12.5 Å². The van der Waals surface area contributed by atoms with E-state index in [1.165, 1.54) is 0 Å². The van der Waals surface area contributed by atoms with Gasteiger partial charge in [-0.25, -0.2) is 8.42 Å². The van der Waals surface area contributed by atoms with Crippen molar-refractivity contribution in [3.05, 3.63) is 28.7 Å². The standard InChI is InChI=1S/C17H27BrN4O3S/c1-20-10-12-21(13-11-20)9-5-8-19-17(23)14-22(26(2,24)25)16-7-4-3-6-15(16)18/h3-4,6-7H,5,8-14H2,1-2H3,(H,19,23). The van der Waals surface area contributed by atoms with Gasteiger partial charge in [0, 0.05) is 37.2 Å². The Balaban J connectivity index is 1.82. The van der Waals surface area contributed by atoms with Gasteiger partial charge in [0.05, 0.1) is 11.9 Å². The summed E-state index contributed by atoms with van der Waals surface area (Å²) in [7, 11) is -1.44. The molecular formula is C17H27BrN4O3S. The van der Waals surface area contributed by atoms with Crippen LogP contribution in [-0.2, 0) is 14.8 Å². The van der Waals surface area contributed by atoms with Gasteiger partial charge in [0.1, 0.15) is 6.54 Å². The number of rotatable bonds is 8. The molecule has 1 N–H and O–H groups in total. The lowest BCUT2D eigenvalue weighted by molar-refractivity contribution is -0.119. The van der Waals surface area contributed by atoms with Crippen LogP contribution >= 0.6 is 15.9 Å². The predicted octanol–water partition coefficient (Wildman–Crippen LogP) is 0.969. The highest BCUT2D eigenvalue weighted by Gasteiger charge is 2.22. The zero-order chi connectivity index (χ0) is 19.2. The third-order valence-corrected chi connectivity index (χ3v) is 6.17. The van der Waals surface area contributed by atoms with Gasteiger partial charge in [-0.2, -0.15) is 0 Å². The van der Waals surface area contributed by atoms with Gasteiger partial charge < -0.3 is 15.1 Å². The van der Waals surface area contributed by atoms with Crippen molar-refractivity contribution in [3.8, 4) is 0 Å². The minimum atomic E-state index is -3.56. The van der Waals surface area contributed by atoms with Gasteiger partial charge in [-0.3, -0.25) is 9.10 Å². The van der Waals surface area contributed by atoms with E-state index in [1.807, 2.05) is 0 Å². The summed E-state index contributed by atoms with van der Waals surface area (Å²) in [4.78, 5) is 16.9. The van der Waals surface area contributed by atoms with Gasteiger partial charge in [-0.15, -0.1) is 0 Å². The van der Waals surface area contributed by atoms with E-state index in [4.69, 9.17) is 0 Å². The van der Waals surface area contributed by atoms with E-state index in [2.05, 4.69) is 38.1 Å². The number of carbonyl (C=O) groups is 1. The smallest absolute Gasteiger partial charge is 0.240 e. The third kappa shape index (κ3) is 6.53. The van der Waals surface area contributed by atoms with Crippen LogP contribution < -0.4 is 9.62 Å². The molecule has 0 unspecified atom stereocenters. The average Bonchev–Trinajstić information content (AvgIpc) is 2.58. The first kappa shape index (κ1) is 21.1. The molecule has 1 aliphatic rings. The maximum absolute atomic E-state index is 12.2. The molecule has 0 spiro atoms. The second kappa shape index (κ2) is 9.68. The number of sulfonamides is 1. The fourth-order valence-electron chi connectivity index (χ4n) is 2.82. The highest BCUT2D eigenvalue weighted by Crippen LogP contribution is 2.27. The SMILES string of the molecule is CN1CCN(CCCNC(=O)CN(c2ccccc2Br)S(C)(=O)=O)CC1. The van der Waals surface area contributed by atoms with Crippen molar-refractivity contribution in [2.24, 2.45) is 0 Å². The normalized spacial score (nSPS) is 16.4. The first-order valence-corrected chi connectivity index (χ1v) is 11.3. The topological polar surface area (TPSA) is 73.0 Å². The number of carbonyl (C=O) groups excluding carboxylic acids is 1. The van der Waals surface area contributed by atoms with E-state index < -0.39 is 10.0 Å². The molecule has 7 nitrogen and oxygen atoms in total. The van der Waals surface area contributed by atoms with E-state index in [0.29, 0.717) is 16.7 Å². The van der Waals surface area contributed by atoms with Crippen molar-refractivity contribution in [3.63, 3.8) is 0 Å². The van der Waals surface area contributed by atoms with Crippen LogP contribution in [0.25, 0.3) is 0 Å². The quantitative estimate of drug-likeness (QED) is 0.602. The number of anilines is 1. The monoisotopic (exact) mass is 446 g/mol. The number of likely N-dealkylation sites (N-methyl/N-ethyl adjacent to an activating group) is 1. The number of piperazine rings is 1. The Morgan fingerprint density at radius 2 is 1.88 bits per heavy atom. The molecule has 1 saturated heterocycles. The van der Waals surface area contributed by atoms with Gasteiger partial charge in [0.2, 0.25) is 15.9 Å². The van der Waals surface area contributed by atoms with Gasteiger partial charge >= 0.3 is 0 Å². The highest BCUT2D eigenvalue weighted by molar-refractivity contribution is 9.10. The number of halogens is 1. The first-order chi connectivity index (χ1) is 12.3. The van der Waals surface area contributed by atoms with E-state index >= 15 is 0 Å². The summed E-state index contributed by atoms with van der Waals surface area (Å²) in [6.07, 6.45) is 1.95. The molecular weight excluding hydrogens is 420 g/mol. The zero-order valence-electron chi connectivity index (χ0n) is 15.3. The molecule has 2 rings (SSSR count). The molecule has 1 aromatic carbocycles. The summed E-state index contributed by atoms with van der Waals surface area (Å²) < 4.78 is 25.9. The van der Waals surface area contributed by atoms with Crippen LogP contribution in [0.2, 0.25) is 0 Å². The fraction of sp³-hybridized carbons (Fsp3) is 0.588. The van der Waals surface area contributed by atoms with Gasteiger partial charge in [-0.1, -0.05) is 12.1 Å². The van der Waals surface area contributed by atoms with Crippen LogP contribution in [0, 0.1) is 0 Å². The van der Waals surface area contributed by atoms with Crippen molar-refractivity contribution in [2.75, 3.05) is 63.4 Å². The summed E-state index contributed by atoms with van der Waals surface area (Å²) in [6, 6.07) is 6.96. The molecule has 0 aromatic heterocycles. The molecule has 0 saturated carbocycles. The van der Waals surface area contributed by atoms with E-state index in [0.717, 1.165) is 49.7 Å². The molecule has 0 aliphatic carbocycles. The van der Waals surface area contributed by atoms with E-state index in [1.54, 1.807) is 24.3 Å². The number of para-hydroxylation sites is 1. The molecule has 1 heterocycles. The molecule has 146 valence electrons. The first-order valence-electron chi connectivity index (χ1n) is 8.67. The largest absolute Gasteiger partial charge is 0.354 e. The minimum Gasteiger partial charge on any atom is -0.354 e. The molecule has 0 atom stereocenters. The molecule has 0 bridgehead atoms. The van der Waals surface area contributed by atoms with Crippen LogP contribution in [0.5, 0.6) is 0 Å². The van der Waals surface area contributed by atoms with Crippen LogP contribution in [0.1, 0.15) is 6.42 Å². The van der Waals surface area contributed by atoms with Crippen LogP contribution in [0.3, 0.4) is 0 Å². The maximum atomic E-state index is 12.2. The van der Waals surface area contributed by atoms with Crippen molar-refractivity contribution >= 4 is 37.5 Å². The van der Waals surface area contributed by atoms with Gasteiger partial charge in [0.15, 0.2) is 0 Å². The Morgan fingerprint density at radius 3 is 2.50 bits per heavy atom. The van der Waals surface area contributed by atoms with Gasteiger partial charge in [0.25, 0.3) is 0 Å². The van der Waals surface area contributed by atoms with Gasteiger partial charge in [-0.05, 0) is 48.1 Å². The van der Waals surface area contributed by atoms with Crippen molar-refractivity contribution < 1.29 is 13.2 Å². The number of benzene rings is 1. The van der Waals surface area contributed by atoms with E-state index in [9.17, 15) is 13.2 Å². The molecule has 1 fully saturated rings. The predicted molar refractivity (Wildman–Crippen MR) is 108 cm³/mol. The molecule has 1 amide bonds. The zero-order valence-corrected chi connectivity index (χ0v) is 17.7. The number of amides is 1. The maximum Gasteiger partial charge on any atom is 0.240 e. The number of nitrogens with zero attached hydrogens (tertiary/aromatic N) is 3. The van der Waals surface area contributed by atoms with Crippen LogP contribution in [0.4, 0.5) is 5.69 Å². The lowest BCUT2D eigenvalue weighted by atomic mass is 10.3.